The quantitative estimate of drug-likeness (QED) is 0.549. The van der Waals surface area contributed by atoms with Gasteiger partial charge in [0.25, 0.3) is 0 Å². The summed E-state index contributed by atoms with van der Waals surface area (Å²) in [6.07, 6.45) is -0.180. The molecule has 0 saturated carbocycles. The maximum absolute atomic E-state index is 11.0. The molecule has 0 N–H and O–H groups in total. The van der Waals surface area contributed by atoms with Crippen molar-refractivity contribution in [3.05, 3.63) is 0 Å². The Morgan fingerprint density at radius 2 is 2.00 bits per heavy atom. The van der Waals surface area contributed by atoms with E-state index in [1.807, 2.05) is 0 Å². The molecule has 2 heterocycles. The molecule has 2 rings (SSSR count). The van der Waals surface area contributed by atoms with Crippen LogP contribution < -0.4 is 0 Å². The van der Waals surface area contributed by atoms with E-state index >= 15 is 0 Å². The number of hydrogen-bond donors (Lipinski definition) is 0. The highest BCUT2D eigenvalue weighted by atomic mass is 16.7. The Labute approximate surface area is 83.5 Å². The molecule has 4 heteroatoms. The van der Waals surface area contributed by atoms with E-state index in [0.29, 0.717) is 13.0 Å². The van der Waals surface area contributed by atoms with Crippen molar-refractivity contribution in [1.29, 1.82) is 0 Å². The molecule has 14 heavy (non-hydrogen) atoms. The van der Waals surface area contributed by atoms with Crippen molar-refractivity contribution >= 4 is 5.97 Å². The Hall–Kier alpha value is -0.610. The summed E-state index contributed by atoms with van der Waals surface area (Å²) in [6.45, 7) is 6.61. The van der Waals surface area contributed by atoms with Crippen LogP contribution in [0.1, 0.15) is 27.2 Å². The van der Waals surface area contributed by atoms with E-state index in [-0.39, 0.29) is 29.9 Å². The molecule has 0 aromatic carbocycles. The minimum atomic E-state index is -0.238. The Bertz CT molecular complexity index is 243. The maximum atomic E-state index is 11.0. The highest BCUT2D eigenvalue weighted by molar-refractivity contribution is 5.72. The first-order chi connectivity index (χ1) is 6.47. The molecule has 0 amide bonds. The van der Waals surface area contributed by atoms with Gasteiger partial charge in [-0.2, -0.15) is 0 Å². The van der Waals surface area contributed by atoms with Gasteiger partial charge in [0.2, 0.25) is 0 Å². The lowest BCUT2D eigenvalue weighted by Gasteiger charge is -2.37. The molecule has 0 aromatic rings. The summed E-state index contributed by atoms with van der Waals surface area (Å²) in [7, 11) is 0. The summed E-state index contributed by atoms with van der Waals surface area (Å²) in [5.41, 5.74) is -0.0589. The van der Waals surface area contributed by atoms with E-state index in [1.54, 1.807) is 0 Å². The molecule has 2 aliphatic heterocycles. The van der Waals surface area contributed by atoms with Gasteiger partial charge < -0.3 is 14.2 Å². The van der Waals surface area contributed by atoms with Crippen LogP contribution in [0.2, 0.25) is 0 Å². The second-order valence-corrected chi connectivity index (χ2v) is 4.94. The molecule has 2 saturated heterocycles. The number of ether oxygens (including phenoxy) is 3. The Balaban J connectivity index is 2.01. The van der Waals surface area contributed by atoms with Gasteiger partial charge in [-0.15, -0.1) is 0 Å². The molecule has 0 aromatic heterocycles. The topological polar surface area (TPSA) is 44.8 Å². The zero-order valence-electron chi connectivity index (χ0n) is 8.78. The normalized spacial score (nSPS) is 37.9. The van der Waals surface area contributed by atoms with E-state index in [9.17, 15) is 4.79 Å². The third kappa shape index (κ3) is 1.77. The lowest BCUT2D eigenvalue weighted by molar-refractivity contribution is -0.272. The number of rotatable bonds is 0. The van der Waals surface area contributed by atoms with Crippen molar-refractivity contribution in [2.24, 2.45) is 5.41 Å². The largest absolute Gasteiger partial charge is 0.457 e. The van der Waals surface area contributed by atoms with Crippen molar-refractivity contribution < 1.29 is 19.0 Å². The molecular formula is C10H16O4. The van der Waals surface area contributed by atoms with Crippen LogP contribution in [-0.4, -0.2) is 31.1 Å². The molecule has 2 aliphatic rings. The summed E-state index contributed by atoms with van der Waals surface area (Å²) < 4.78 is 16.2. The number of esters is 1. The molecule has 0 unspecified atom stereocenters. The van der Waals surface area contributed by atoms with Gasteiger partial charge in [-0.25, -0.2) is 0 Å². The van der Waals surface area contributed by atoms with Crippen LogP contribution in [-0.2, 0) is 19.0 Å². The average molecular weight is 200 g/mol. The average Bonchev–Trinajstić information content (AvgIpc) is 2.41. The standard InChI is InChI=1S/C10H16O4/c1-10(2,3)9-12-5-7-6(14-9)4-8(11)13-7/h6-7,9H,4-5H2,1-3H3/t6-,7-,9+/m0/s1. The molecule has 0 aliphatic carbocycles. The van der Waals surface area contributed by atoms with Gasteiger partial charge in [-0.3, -0.25) is 4.79 Å². The van der Waals surface area contributed by atoms with Crippen LogP contribution in [0.5, 0.6) is 0 Å². The van der Waals surface area contributed by atoms with Gasteiger partial charge in [-0.05, 0) is 0 Å². The third-order valence-electron chi connectivity index (χ3n) is 2.48. The summed E-state index contributed by atoms with van der Waals surface area (Å²) >= 11 is 0. The molecule has 4 nitrogen and oxygen atoms in total. The van der Waals surface area contributed by atoms with Crippen LogP contribution in [0.15, 0.2) is 0 Å². The monoisotopic (exact) mass is 200 g/mol. The minimum absolute atomic E-state index is 0.0589. The zero-order chi connectivity index (χ0) is 10.3. The van der Waals surface area contributed by atoms with Crippen molar-refractivity contribution in [3.63, 3.8) is 0 Å². The molecule has 0 bridgehead atoms. The van der Waals surface area contributed by atoms with Crippen LogP contribution in [0, 0.1) is 5.41 Å². The summed E-state index contributed by atoms with van der Waals surface area (Å²) in [6, 6.07) is 0. The molecule has 80 valence electrons. The van der Waals surface area contributed by atoms with Gasteiger partial charge >= 0.3 is 5.97 Å². The number of carbonyl (C=O) groups excluding carboxylic acids is 1. The maximum Gasteiger partial charge on any atom is 0.309 e. The SMILES string of the molecule is CC(C)(C)[C@@H]1OC[C@@H]2OC(=O)C[C@@H]2O1. The fourth-order valence-electron chi connectivity index (χ4n) is 1.70. The second-order valence-electron chi connectivity index (χ2n) is 4.94. The van der Waals surface area contributed by atoms with Crippen molar-refractivity contribution in [3.8, 4) is 0 Å². The lowest BCUT2D eigenvalue weighted by atomic mass is 9.95. The molecule has 0 radical (unpaired) electrons. The lowest BCUT2D eigenvalue weighted by Crippen LogP contribution is -2.46. The summed E-state index contributed by atoms with van der Waals surface area (Å²) in [5, 5.41) is 0. The Morgan fingerprint density at radius 3 is 2.64 bits per heavy atom. The number of hydrogen-bond acceptors (Lipinski definition) is 4. The Kier molecular flexibility index (Phi) is 2.27. The number of carbonyl (C=O) groups is 1. The zero-order valence-corrected chi connectivity index (χ0v) is 8.78. The van der Waals surface area contributed by atoms with Crippen molar-refractivity contribution in [2.45, 2.75) is 45.7 Å². The van der Waals surface area contributed by atoms with E-state index in [0.717, 1.165) is 0 Å². The minimum Gasteiger partial charge on any atom is -0.457 e. The first-order valence-electron chi connectivity index (χ1n) is 4.93. The predicted molar refractivity (Wildman–Crippen MR) is 48.6 cm³/mol. The molecular weight excluding hydrogens is 184 g/mol. The van der Waals surface area contributed by atoms with Crippen LogP contribution in [0.3, 0.4) is 0 Å². The van der Waals surface area contributed by atoms with Crippen molar-refractivity contribution in [2.75, 3.05) is 6.61 Å². The highest BCUT2D eigenvalue weighted by Gasteiger charge is 2.44. The van der Waals surface area contributed by atoms with E-state index < -0.39 is 0 Å². The third-order valence-corrected chi connectivity index (χ3v) is 2.48. The molecule has 0 spiro atoms. The summed E-state index contributed by atoms with van der Waals surface area (Å²) in [5.74, 6) is -0.182. The van der Waals surface area contributed by atoms with E-state index in [4.69, 9.17) is 14.2 Å². The summed E-state index contributed by atoms with van der Waals surface area (Å²) in [4.78, 5) is 11.0. The van der Waals surface area contributed by atoms with Crippen molar-refractivity contribution in [1.82, 2.24) is 0 Å². The van der Waals surface area contributed by atoms with Gasteiger partial charge in [0, 0.05) is 5.41 Å². The fraction of sp³-hybridized carbons (Fsp3) is 0.900. The van der Waals surface area contributed by atoms with E-state index in [2.05, 4.69) is 20.8 Å². The fourth-order valence-corrected chi connectivity index (χ4v) is 1.70. The van der Waals surface area contributed by atoms with Crippen LogP contribution in [0.4, 0.5) is 0 Å². The van der Waals surface area contributed by atoms with Gasteiger partial charge in [0.05, 0.1) is 13.0 Å². The van der Waals surface area contributed by atoms with Crippen LogP contribution >= 0.6 is 0 Å². The van der Waals surface area contributed by atoms with Gasteiger partial charge in [-0.1, -0.05) is 20.8 Å². The van der Waals surface area contributed by atoms with Gasteiger partial charge in [0.1, 0.15) is 6.10 Å². The predicted octanol–water partition coefficient (Wildman–Crippen LogP) is 1.09. The first kappa shape index (κ1) is 9.93. The van der Waals surface area contributed by atoms with E-state index in [1.165, 1.54) is 0 Å². The number of fused-ring (bicyclic) bond motifs is 1. The second kappa shape index (κ2) is 3.21. The Morgan fingerprint density at radius 1 is 1.29 bits per heavy atom. The smallest absolute Gasteiger partial charge is 0.309 e. The molecule has 2 fully saturated rings. The van der Waals surface area contributed by atoms with Crippen LogP contribution in [0.25, 0.3) is 0 Å². The highest BCUT2D eigenvalue weighted by Crippen LogP contribution is 2.32. The molecule has 3 atom stereocenters. The van der Waals surface area contributed by atoms with Gasteiger partial charge in [0.15, 0.2) is 12.4 Å². The first-order valence-corrected chi connectivity index (χ1v) is 4.93.